The summed E-state index contributed by atoms with van der Waals surface area (Å²) in [7, 11) is 0. The number of anilines is 1. The number of rotatable bonds is 4. The molecule has 1 aromatic carbocycles. The lowest BCUT2D eigenvalue weighted by Gasteiger charge is -2.09. The molecule has 1 amide bonds. The van der Waals surface area contributed by atoms with Gasteiger partial charge in [-0.05, 0) is 43.5 Å². The second-order valence-corrected chi connectivity index (χ2v) is 7.16. The van der Waals surface area contributed by atoms with E-state index in [0.717, 1.165) is 5.56 Å². The molecule has 136 valence electrons. The zero-order chi connectivity index (χ0) is 19.0. The molecule has 0 aliphatic carbocycles. The van der Waals surface area contributed by atoms with Crippen molar-refractivity contribution in [3.8, 4) is 0 Å². The first-order chi connectivity index (χ1) is 12.3. The van der Waals surface area contributed by atoms with Crippen molar-refractivity contribution in [3.05, 3.63) is 56.8 Å². The summed E-state index contributed by atoms with van der Waals surface area (Å²) in [5.74, 6) is 0.220. The highest BCUT2D eigenvalue weighted by molar-refractivity contribution is 6.30. The van der Waals surface area contributed by atoms with E-state index in [1.54, 1.807) is 25.1 Å². The number of nitrogens with zero attached hydrogens (tertiary/aromatic N) is 2. The van der Waals surface area contributed by atoms with E-state index >= 15 is 0 Å². The Morgan fingerprint density at radius 2 is 2.08 bits per heavy atom. The average Bonchev–Trinajstić information content (AvgIpc) is 2.89. The van der Waals surface area contributed by atoms with Gasteiger partial charge in [-0.1, -0.05) is 25.4 Å². The zero-order valence-corrected chi connectivity index (χ0v) is 15.8. The summed E-state index contributed by atoms with van der Waals surface area (Å²) in [6.07, 6.45) is 1.46. The van der Waals surface area contributed by atoms with Crippen molar-refractivity contribution in [2.24, 2.45) is 5.92 Å². The van der Waals surface area contributed by atoms with Crippen molar-refractivity contribution in [1.29, 1.82) is 0 Å². The second-order valence-electron chi connectivity index (χ2n) is 6.72. The van der Waals surface area contributed by atoms with Gasteiger partial charge in [0.1, 0.15) is 17.5 Å². The van der Waals surface area contributed by atoms with Crippen LogP contribution in [0.3, 0.4) is 0 Å². The summed E-state index contributed by atoms with van der Waals surface area (Å²) < 4.78 is 7.05. The Bertz CT molecular complexity index is 1050. The van der Waals surface area contributed by atoms with Crippen LogP contribution in [0, 0.1) is 19.8 Å². The Balaban J connectivity index is 2.07. The Labute approximate surface area is 155 Å². The lowest BCUT2D eigenvalue weighted by Crippen LogP contribution is -2.24. The van der Waals surface area contributed by atoms with Crippen molar-refractivity contribution >= 4 is 34.3 Å². The first kappa shape index (κ1) is 18.2. The van der Waals surface area contributed by atoms with Crippen LogP contribution >= 0.6 is 11.6 Å². The molecule has 0 atom stereocenters. The van der Waals surface area contributed by atoms with Crippen molar-refractivity contribution in [2.75, 3.05) is 5.32 Å². The van der Waals surface area contributed by atoms with Crippen LogP contribution in [0.25, 0.3) is 11.1 Å². The molecular formula is C19H20ClN3O3. The Kier molecular flexibility index (Phi) is 4.87. The fourth-order valence-electron chi connectivity index (χ4n) is 2.89. The lowest BCUT2D eigenvalue weighted by molar-refractivity contribution is 0.102. The fourth-order valence-corrected chi connectivity index (χ4v) is 3.11. The quantitative estimate of drug-likeness (QED) is 0.744. The number of fused-ring (bicyclic) bond motifs is 1. The largest absolute Gasteiger partial charge is 0.442 e. The summed E-state index contributed by atoms with van der Waals surface area (Å²) >= 11 is 5.96. The number of aromatic nitrogens is 2. The van der Waals surface area contributed by atoms with Crippen LogP contribution in [-0.4, -0.2) is 15.5 Å². The number of benzene rings is 1. The Morgan fingerprint density at radius 3 is 2.73 bits per heavy atom. The molecule has 3 rings (SSSR count). The molecule has 0 radical (unpaired) electrons. The lowest BCUT2D eigenvalue weighted by atomic mass is 10.1. The predicted molar refractivity (Wildman–Crippen MR) is 102 cm³/mol. The second kappa shape index (κ2) is 6.96. The molecule has 2 aromatic heterocycles. The Hall–Kier alpha value is -2.60. The van der Waals surface area contributed by atoms with Crippen molar-refractivity contribution in [3.63, 3.8) is 0 Å². The molecule has 0 fully saturated rings. The normalized spacial score (nSPS) is 11.3. The molecule has 0 aliphatic heterocycles. The van der Waals surface area contributed by atoms with E-state index in [1.165, 1.54) is 10.9 Å². The number of aryl methyl sites for hydroxylation is 2. The highest BCUT2D eigenvalue weighted by Gasteiger charge is 2.23. The van der Waals surface area contributed by atoms with Crippen molar-refractivity contribution in [1.82, 2.24) is 9.55 Å². The third-order valence-corrected chi connectivity index (χ3v) is 4.32. The van der Waals surface area contributed by atoms with Gasteiger partial charge < -0.3 is 9.73 Å². The number of carbonyl (C=O) groups is 1. The van der Waals surface area contributed by atoms with Crippen molar-refractivity contribution < 1.29 is 9.21 Å². The van der Waals surface area contributed by atoms with Crippen LogP contribution in [0.2, 0.25) is 5.02 Å². The number of hydrogen-bond acceptors (Lipinski definition) is 4. The van der Waals surface area contributed by atoms with Gasteiger partial charge in [0.25, 0.3) is 11.5 Å². The third kappa shape index (κ3) is 3.37. The van der Waals surface area contributed by atoms with Crippen LogP contribution in [-0.2, 0) is 6.54 Å². The van der Waals surface area contributed by atoms with Crippen LogP contribution in [0.1, 0.15) is 35.5 Å². The molecule has 0 bridgehead atoms. The highest BCUT2D eigenvalue weighted by Crippen LogP contribution is 2.24. The van der Waals surface area contributed by atoms with Gasteiger partial charge in [0.05, 0.1) is 5.56 Å². The van der Waals surface area contributed by atoms with E-state index < -0.39 is 5.91 Å². The smallest absolute Gasteiger partial charge is 0.265 e. The highest BCUT2D eigenvalue weighted by atomic mass is 35.5. The first-order valence-electron chi connectivity index (χ1n) is 8.34. The molecule has 7 heteroatoms. The van der Waals surface area contributed by atoms with E-state index in [-0.39, 0.29) is 28.1 Å². The molecule has 2 heterocycles. The van der Waals surface area contributed by atoms with Crippen LogP contribution in [0.5, 0.6) is 0 Å². The number of nitrogens with one attached hydrogen (secondary N) is 1. The van der Waals surface area contributed by atoms with Crippen molar-refractivity contribution in [2.45, 2.75) is 34.2 Å². The zero-order valence-electron chi connectivity index (χ0n) is 15.1. The molecule has 6 nitrogen and oxygen atoms in total. The van der Waals surface area contributed by atoms with E-state index in [9.17, 15) is 9.59 Å². The Morgan fingerprint density at radius 1 is 1.35 bits per heavy atom. The molecule has 1 N–H and O–H groups in total. The standard InChI is InChI=1S/C19H20ClN3O3/c1-10(2)8-23-9-21-18-16(19(23)25)15(12(4)26-18)17(24)22-14-6-5-13(20)7-11(14)3/h5-7,9-10H,8H2,1-4H3,(H,22,24). The number of carbonyl (C=O) groups excluding carboxylic acids is 1. The number of hydrogen-bond donors (Lipinski definition) is 1. The van der Waals surface area contributed by atoms with Gasteiger partial charge in [0.15, 0.2) is 0 Å². The topological polar surface area (TPSA) is 77.1 Å². The van der Waals surface area contributed by atoms with Gasteiger partial charge in [-0.15, -0.1) is 0 Å². The summed E-state index contributed by atoms with van der Waals surface area (Å²) in [5, 5.41) is 3.62. The number of furan rings is 1. The van der Waals surface area contributed by atoms with E-state index in [4.69, 9.17) is 16.0 Å². The first-order valence-corrected chi connectivity index (χ1v) is 8.71. The maximum absolute atomic E-state index is 12.9. The number of halogens is 1. The average molecular weight is 374 g/mol. The molecule has 0 saturated carbocycles. The van der Waals surface area contributed by atoms with Gasteiger partial charge in [0, 0.05) is 17.3 Å². The van der Waals surface area contributed by atoms with Gasteiger partial charge >= 0.3 is 0 Å². The summed E-state index contributed by atoms with van der Waals surface area (Å²) in [6.45, 7) is 8.03. The fraction of sp³-hybridized carbons (Fsp3) is 0.316. The summed E-state index contributed by atoms with van der Waals surface area (Å²) in [6, 6.07) is 5.18. The van der Waals surface area contributed by atoms with Crippen LogP contribution in [0.4, 0.5) is 5.69 Å². The molecule has 3 aromatic rings. The molecule has 0 spiro atoms. The summed E-state index contributed by atoms with van der Waals surface area (Å²) in [5.41, 5.74) is 1.56. The SMILES string of the molecule is Cc1cc(Cl)ccc1NC(=O)c1c(C)oc2ncn(CC(C)C)c(=O)c12. The predicted octanol–water partition coefficient (Wildman–Crippen LogP) is 4.17. The summed E-state index contributed by atoms with van der Waals surface area (Å²) in [4.78, 5) is 29.9. The maximum atomic E-state index is 12.9. The molecule has 0 saturated heterocycles. The van der Waals surface area contributed by atoms with Gasteiger partial charge in [-0.2, -0.15) is 0 Å². The van der Waals surface area contributed by atoms with Gasteiger partial charge in [-0.25, -0.2) is 4.98 Å². The molecule has 0 aliphatic rings. The van der Waals surface area contributed by atoms with Crippen LogP contribution in [0.15, 0.2) is 33.7 Å². The monoisotopic (exact) mass is 373 g/mol. The minimum absolute atomic E-state index is 0.172. The maximum Gasteiger partial charge on any atom is 0.265 e. The number of amides is 1. The van der Waals surface area contributed by atoms with E-state index in [2.05, 4.69) is 10.3 Å². The van der Waals surface area contributed by atoms with E-state index in [1.807, 2.05) is 20.8 Å². The van der Waals surface area contributed by atoms with Gasteiger partial charge in [-0.3, -0.25) is 14.2 Å². The molecule has 0 unspecified atom stereocenters. The van der Waals surface area contributed by atoms with Crippen LogP contribution < -0.4 is 10.9 Å². The van der Waals surface area contributed by atoms with E-state index in [0.29, 0.717) is 23.0 Å². The minimum atomic E-state index is -0.409. The molecule has 26 heavy (non-hydrogen) atoms. The van der Waals surface area contributed by atoms with Gasteiger partial charge in [0.2, 0.25) is 5.71 Å². The molecular weight excluding hydrogens is 354 g/mol. The minimum Gasteiger partial charge on any atom is -0.442 e. The third-order valence-electron chi connectivity index (χ3n) is 4.08.